The highest BCUT2D eigenvalue weighted by Gasteiger charge is 2.28. The van der Waals surface area contributed by atoms with Crippen molar-refractivity contribution < 1.29 is 23.5 Å². The molecule has 0 aliphatic rings. The van der Waals surface area contributed by atoms with Crippen LogP contribution in [0.1, 0.15) is 41.6 Å². The zero-order valence-corrected chi connectivity index (χ0v) is 18.7. The van der Waals surface area contributed by atoms with Crippen LogP contribution in [0.2, 0.25) is 0 Å². The van der Waals surface area contributed by atoms with E-state index in [1.54, 1.807) is 19.9 Å². The minimum absolute atomic E-state index is 0.0952. The Morgan fingerprint density at radius 3 is 2.15 bits per heavy atom. The van der Waals surface area contributed by atoms with Crippen LogP contribution < -0.4 is 10.6 Å². The zero-order chi connectivity index (χ0) is 23.6. The Morgan fingerprint density at radius 1 is 0.879 bits per heavy atom. The van der Waals surface area contributed by atoms with E-state index in [-0.39, 0.29) is 17.7 Å². The van der Waals surface area contributed by atoms with Gasteiger partial charge in [-0.05, 0) is 35.6 Å². The largest absolute Gasteiger partial charge is 0.459 e. The van der Waals surface area contributed by atoms with Crippen molar-refractivity contribution in [3.63, 3.8) is 0 Å². The van der Waals surface area contributed by atoms with Crippen molar-refractivity contribution in [3.8, 4) is 0 Å². The Labute approximate surface area is 193 Å². The molecule has 33 heavy (non-hydrogen) atoms. The summed E-state index contributed by atoms with van der Waals surface area (Å²) in [5.74, 6) is -1.77. The molecule has 172 valence electrons. The van der Waals surface area contributed by atoms with Crippen LogP contribution in [0.4, 0.5) is 0 Å². The summed E-state index contributed by atoms with van der Waals surface area (Å²) in [7, 11) is 0. The van der Waals surface area contributed by atoms with Crippen LogP contribution in [0, 0.1) is 5.92 Å². The van der Waals surface area contributed by atoms with Gasteiger partial charge >= 0.3 is 5.97 Å². The Bertz CT molecular complexity index is 1030. The maximum Gasteiger partial charge on any atom is 0.329 e. The number of esters is 1. The van der Waals surface area contributed by atoms with Crippen molar-refractivity contribution in [2.75, 3.05) is 6.61 Å². The number of furan rings is 1. The topological polar surface area (TPSA) is 97.6 Å². The Morgan fingerprint density at radius 2 is 1.55 bits per heavy atom. The number of hydrogen-bond acceptors (Lipinski definition) is 5. The highest BCUT2D eigenvalue weighted by atomic mass is 16.5. The van der Waals surface area contributed by atoms with Crippen LogP contribution in [0.25, 0.3) is 0 Å². The van der Waals surface area contributed by atoms with Crippen LogP contribution in [-0.4, -0.2) is 30.4 Å². The number of rotatable bonds is 10. The third-order valence-electron chi connectivity index (χ3n) is 5.12. The number of benzene rings is 2. The molecular weight excluding hydrogens is 420 g/mol. The highest BCUT2D eigenvalue weighted by molar-refractivity contribution is 5.94. The lowest BCUT2D eigenvalue weighted by Gasteiger charge is -2.22. The first-order valence-corrected chi connectivity index (χ1v) is 10.8. The van der Waals surface area contributed by atoms with Crippen molar-refractivity contribution in [2.24, 2.45) is 5.92 Å². The van der Waals surface area contributed by atoms with E-state index in [4.69, 9.17) is 9.15 Å². The maximum absolute atomic E-state index is 12.6. The van der Waals surface area contributed by atoms with E-state index in [2.05, 4.69) is 10.6 Å². The summed E-state index contributed by atoms with van der Waals surface area (Å²) < 4.78 is 10.3. The molecule has 0 fully saturated rings. The van der Waals surface area contributed by atoms with Crippen molar-refractivity contribution in [1.82, 2.24) is 10.6 Å². The molecule has 3 rings (SSSR count). The van der Waals surface area contributed by atoms with E-state index in [0.717, 1.165) is 11.1 Å². The molecule has 2 unspecified atom stereocenters. The van der Waals surface area contributed by atoms with Crippen LogP contribution in [0.5, 0.6) is 0 Å². The van der Waals surface area contributed by atoms with Gasteiger partial charge in [-0.25, -0.2) is 4.79 Å². The Kier molecular flexibility index (Phi) is 8.41. The summed E-state index contributed by atoms with van der Waals surface area (Å²) in [6, 6.07) is 21.3. The SMILES string of the molecule is CC(C)C(NC(=O)c1ccco1)C(=O)OCC(=O)NC(Cc1ccccc1)c1ccccc1. The zero-order valence-electron chi connectivity index (χ0n) is 18.7. The summed E-state index contributed by atoms with van der Waals surface area (Å²) in [5, 5.41) is 5.55. The van der Waals surface area contributed by atoms with Crippen molar-refractivity contribution in [3.05, 3.63) is 95.9 Å². The molecule has 2 N–H and O–H groups in total. The molecule has 0 saturated carbocycles. The maximum atomic E-state index is 12.6. The summed E-state index contributed by atoms with van der Waals surface area (Å²) in [6.45, 7) is 3.11. The summed E-state index contributed by atoms with van der Waals surface area (Å²) in [6.07, 6.45) is 1.97. The van der Waals surface area contributed by atoms with Crippen LogP contribution in [0.3, 0.4) is 0 Å². The average molecular weight is 449 g/mol. The second-order valence-electron chi connectivity index (χ2n) is 8.00. The number of carbonyl (C=O) groups excluding carboxylic acids is 3. The third kappa shape index (κ3) is 7.07. The van der Waals surface area contributed by atoms with Crippen molar-refractivity contribution >= 4 is 17.8 Å². The smallest absolute Gasteiger partial charge is 0.329 e. The first-order valence-electron chi connectivity index (χ1n) is 10.8. The molecular formula is C26H28N2O5. The van der Waals surface area contributed by atoms with E-state index in [0.29, 0.717) is 6.42 Å². The number of amides is 2. The van der Waals surface area contributed by atoms with Gasteiger partial charge in [0.15, 0.2) is 12.4 Å². The molecule has 7 nitrogen and oxygen atoms in total. The lowest BCUT2D eigenvalue weighted by molar-refractivity contribution is -0.151. The lowest BCUT2D eigenvalue weighted by atomic mass is 9.99. The quantitative estimate of drug-likeness (QED) is 0.461. The summed E-state index contributed by atoms with van der Waals surface area (Å²) in [4.78, 5) is 37.5. The molecule has 1 aromatic heterocycles. The van der Waals surface area contributed by atoms with Gasteiger partial charge in [0.2, 0.25) is 0 Å². The average Bonchev–Trinajstić information content (AvgIpc) is 3.37. The molecule has 7 heteroatoms. The molecule has 0 saturated heterocycles. The molecule has 2 amide bonds. The van der Waals surface area contributed by atoms with E-state index in [1.807, 2.05) is 60.7 Å². The Balaban J connectivity index is 1.59. The molecule has 2 atom stereocenters. The van der Waals surface area contributed by atoms with Crippen LogP contribution in [0.15, 0.2) is 83.5 Å². The van der Waals surface area contributed by atoms with Gasteiger partial charge in [0.1, 0.15) is 6.04 Å². The van der Waals surface area contributed by atoms with Gasteiger partial charge < -0.3 is 19.8 Å². The molecule has 0 aliphatic heterocycles. The second-order valence-corrected chi connectivity index (χ2v) is 8.00. The van der Waals surface area contributed by atoms with E-state index >= 15 is 0 Å². The normalized spacial score (nSPS) is 12.6. The van der Waals surface area contributed by atoms with Gasteiger partial charge in [-0.15, -0.1) is 0 Å². The van der Waals surface area contributed by atoms with Gasteiger partial charge in [0, 0.05) is 0 Å². The fourth-order valence-electron chi connectivity index (χ4n) is 3.37. The first kappa shape index (κ1) is 23.8. The van der Waals surface area contributed by atoms with Crippen LogP contribution >= 0.6 is 0 Å². The summed E-state index contributed by atoms with van der Waals surface area (Å²) in [5.41, 5.74) is 2.02. The molecule has 0 radical (unpaired) electrons. The van der Waals surface area contributed by atoms with E-state index in [9.17, 15) is 14.4 Å². The molecule has 0 spiro atoms. The van der Waals surface area contributed by atoms with Gasteiger partial charge in [-0.3, -0.25) is 9.59 Å². The predicted molar refractivity (Wildman–Crippen MR) is 123 cm³/mol. The van der Waals surface area contributed by atoms with E-state index < -0.39 is 30.4 Å². The highest BCUT2D eigenvalue weighted by Crippen LogP contribution is 2.18. The third-order valence-corrected chi connectivity index (χ3v) is 5.12. The number of carbonyl (C=O) groups is 3. The summed E-state index contributed by atoms with van der Waals surface area (Å²) >= 11 is 0. The van der Waals surface area contributed by atoms with Gasteiger partial charge in [-0.1, -0.05) is 74.5 Å². The number of nitrogens with one attached hydrogen (secondary N) is 2. The van der Waals surface area contributed by atoms with Gasteiger partial charge in [0.05, 0.1) is 12.3 Å². The predicted octanol–water partition coefficient (Wildman–Crippen LogP) is 3.68. The minimum atomic E-state index is -0.912. The monoisotopic (exact) mass is 448 g/mol. The van der Waals surface area contributed by atoms with E-state index in [1.165, 1.54) is 12.3 Å². The number of ether oxygens (including phenoxy) is 1. The van der Waals surface area contributed by atoms with Gasteiger partial charge in [-0.2, -0.15) is 0 Å². The fraction of sp³-hybridized carbons (Fsp3) is 0.269. The molecule has 3 aromatic rings. The molecule has 0 aliphatic carbocycles. The van der Waals surface area contributed by atoms with Crippen LogP contribution in [-0.2, 0) is 20.7 Å². The number of hydrogen-bond donors (Lipinski definition) is 2. The van der Waals surface area contributed by atoms with Crippen molar-refractivity contribution in [2.45, 2.75) is 32.4 Å². The molecule has 1 heterocycles. The standard InChI is InChI=1S/C26H28N2O5/c1-18(2)24(28-25(30)22-14-9-15-32-22)26(31)33-17-23(29)27-21(20-12-7-4-8-13-20)16-19-10-5-3-6-11-19/h3-15,18,21,24H,16-17H2,1-2H3,(H,27,29)(H,28,30). The minimum Gasteiger partial charge on any atom is -0.459 e. The molecule has 0 bridgehead atoms. The fourth-order valence-corrected chi connectivity index (χ4v) is 3.37. The molecule has 2 aromatic carbocycles. The first-order chi connectivity index (χ1) is 15.9. The second kappa shape index (κ2) is 11.7. The lowest BCUT2D eigenvalue weighted by Crippen LogP contribution is -2.46. The Hall–Kier alpha value is -3.87. The van der Waals surface area contributed by atoms with Crippen molar-refractivity contribution in [1.29, 1.82) is 0 Å². The van der Waals surface area contributed by atoms with Gasteiger partial charge in [0.25, 0.3) is 11.8 Å².